The van der Waals surface area contributed by atoms with Crippen LogP contribution in [0, 0.1) is 0 Å². The fourth-order valence-electron chi connectivity index (χ4n) is 8.09. The minimum absolute atomic E-state index is 1.16. The van der Waals surface area contributed by atoms with Crippen LogP contribution in [0.15, 0.2) is 26.8 Å². The van der Waals surface area contributed by atoms with Gasteiger partial charge < -0.3 is 0 Å². The second-order valence-corrected chi connectivity index (χ2v) is 20.9. The highest BCUT2D eigenvalue weighted by molar-refractivity contribution is 8.03. The van der Waals surface area contributed by atoms with Crippen molar-refractivity contribution in [2.24, 2.45) is 0 Å². The molecule has 0 radical (unpaired) electrons. The molecule has 330 valence electrons. The molecular formula is C53H100S3. The van der Waals surface area contributed by atoms with Crippen LogP contribution >= 0.6 is 35.3 Å². The molecule has 0 aliphatic rings. The summed E-state index contributed by atoms with van der Waals surface area (Å²) in [7, 11) is 0. The molecule has 0 N–H and O–H groups in total. The Hall–Kier alpha value is 0.270. The Morgan fingerprint density at radius 3 is 0.714 bits per heavy atom. The van der Waals surface area contributed by atoms with Crippen LogP contribution in [-0.4, -0.2) is 17.3 Å². The molecule has 0 saturated carbocycles. The molecule has 56 heavy (non-hydrogen) atoms. The maximum atomic E-state index is 2.58. The van der Waals surface area contributed by atoms with Gasteiger partial charge in [-0.2, -0.15) is 0 Å². The molecule has 3 heteroatoms. The summed E-state index contributed by atoms with van der Waals surface area (Å²) in [5, 5.41) is 0. The normalized spacial score (nSPS) is 11.6. The molecule has 0 fully saturated rings. The van der Waals surface area contributed by atoms with Crippen LogP contribution in [0.4, 0.5) is 0 Å². The number of benzene rings is 1. The van der Waals surface area contributed by atoms with Gasteiger partial charge in [-0.25, -0.2) is 0 Å². The first-order chi connectivity index (χ1) is 27.8. The second kappa shape index (κ2) is 44.8. The summed E-state index contributed by atoms with van der Waals surface area (Å²) in [6, 6.07) is 5.16. The molecule has 1 rings (SSSR count). The fraction of sp³-hybridized carbons (Fsp3) is 0.887. The maximum absolute atomic E-state index is 2.58. The average molecular weight is 834 g/mol. The second-order valence-electron chi connectivity index (χ2n) is 17.5. The molecule has 0 spiro atoms. The van der Waals surface area contributed by atoms with Crippen molar-refractivity contribution in [1.82, 2.24) is 0 Å². The monoisotopic (exact) mass is 833 g/mol. The van der Waals surface area contributed by atoms with Crippen LogP contribution < -0.4 is 0 Å². The third-order valence-corrected chi connectivity index (χ3v) is 15.7. The fourth-order valence-corrected chi connectivity index (χ4v) is 11.9. The van der Waals surface area contributed by atoms with Crippen LogP contribution in [0.2, 0.25) is 0 Å². The van der Waals surface area contributed by atoms with E-state index in [1.165, 1.54) is 268 Å². The minimum Gasteiger partial charge on any atom is -0.125 e. The van der Waals surface area contributed by atoms with Crippen molar-refractivity contribution in [2.45, 2.75) is 299 Å². The molecule has 1 aromatic rings. The number of aryl methyl sites for hydroxylation is 1. The lowest BCUT2D eigenvalue weighted by Crippen LogP contribution is -1.94. The lowest BCUT2D eigenvalue weighted by atomic mass is 10.1. The summed E-state index contributed by atoms with van der Waals surface area (Å²) in [6.07, 6.45) is 57.3. The first-order valence-corrected chi connectivity index (χ1v) is 28.8. The molecule has 0 unspecified atom stereocenters. The molecule has 0 atom stereocenters. The van der Waals surface area contributed by atoms with Crippen molar-refractivity contribution < 1.29 is 0 Å². The van der Waals surface area contributed by atoms with Crippen LogP contribution in [0.5, 0.6) is 0 Å². The van der Waals surface area contributed by atoms with Crippen LogP contribution in [0.25, 0.3) is 0 Å². The van der Waals surface area contributed by atoms with E-state index in [4.69, 9.17) is 0 Å². The van der Waals surface area contributed by atoms with Gasteiger partial charge in [-0.05, 0) is 60.6 Å². The zero-order chi connectivity index (χ0) is 40.3. The van der Waals surface area contributed by atoms with Crippen molar-refractivity contribution in [3.63, 3.8) is 0 Å². The standard InChI is InChI=1S/C53H100S3/c1-5-9-12-15-18-21-24-27-30-33-36-39-42-45-54-51-48-50(8-4)49-52(55-46-43-40-37-34-31-28-25-22-19-16-13-10-6-2)53(51)56-47-44-41-38-35-32-29-26-23-20-17-14-11-7-3/h48-49H,5-47H2,1-4H3. The predicted molar refractivity (Wildman–Crippen MR) is 265 cm³/mol. The van der Waals surface area contributed by atoms with E-state index in [0.717, 1.165) is 6.42 Å². The van der Waals surface area contributed by atoms with E-state index >= 15 is 0 Å². The predicted octanol–water partition coefficient (Wildman–Crippen LogP) is 20.8. The number of rotatable bonds is 46. The van der Waals surface area contributed by atoms with E-state index < -0.39 is 0 Å². The first-order valence-electron chi connectivity index (χ1n) is 25.8. The molecule has 0 bridgehead atoms. The third-order valence-electron chi connectivity index (χ3n) is 12.0. The third kappa shape index (κ3) is 35.1. The largest absolute Gasteiger partial charge is 0.125 e. The van der Waals surface area contributed by atoms with E-state index in [9.17, 15) is 0 Å². The molecule has 0 aliphatic carbocycles. The van der Waals surface area contributed by atoms with Crippen LogP contribution in [-0.2, 0) is 6.42 Å². The molecule has 0 heterocycles. The summed E-state index contributed by atoms with van der Waals surface area (Å²) in [4.78, 5) is 4.85. The van der Waals surface area contributed by atoms with Gasteiger partial charge in [-0.1, -0.05) is 259 Å². The number of unbranched alkanes of at least 4 members (excludes halogenated alkanes) is 36. The highest BCUT2D eigenvalue weighted by Gasteiger charge is 2.13. The van der Waals surface area contributed by atoms with Crippen molar-refractivity contribution >= 4 is 35.3 Å². The Morgan fingerprint density at radius 2 is 0.482 bits per heavy atom. The van der Waals surface area contributed by atoms with E-state index in [1.807, 2.05) is 0 Å². The Bertz CT molecular complexity index is 859. The molecule has 1 aromatic carbocycles. The van der Waals surface area contributed by atoms with E-state index in [1.54, 1.807) is 20.2 Å². The summed E-state index contributed by atoms with van der Waals surface area (Å²) < 4.78 is 0. The van der Waals surface area contributed by atoms with Gasteiger partial charge in [0.15, 0.2) is 0 Å². The van der Waals surface area contributed by atoms with Crippen molar-refractivity contribution in [3.8, 4) is 0 Å². The highest BCUT2D eigenvalue weighted by Crippen LogP contribution is 2.41. The van der Waals surface area contributed by atoms with Crippen molar-refractivity contribution in [1.29, 1.82) is 0 Å². The van der Waals surface area contributed by atoms with Gasteiger partial charge in [0.25, 0.3) is 0 Å². The first kappa shape index (κ1) is 54.3. The topological polar surface area (TPSA) is 0 Å². The quantitative estimate of drug-likeness (QED) is 0.0474. The Labute approximate surface area is 367 Å². The smallest absolute Gasteiger partial charge is 0.0344 e. The Morgan fingerprint density at radius 1 is 0.268 bits per heavy atom. The lowest BCUT2D eigenvalue weighted by molar-refractivity contribution is 0.543. The highest BCUT2D eigenvalue weighted by atomic mass is 32.2. The molecular weight excluding hydrogens is 733 g/mol. The molecule has 0 amide bonds. The van der Waals surface area contributed by atoms with Gasteiger partial charge in [0, 0.05) is 14.7 Å². The van der Waals surface area contributed by atoms with Crippen molar-refractivity contribution in [2.75, 3.05) is 17.3 Å². The van der Waals surface area contributed by atoms with Crippen LogP contribution in [0.1, 0.15) is 284 Å². The molecule has 0 aromatic heterocycles. The van der Waals surface area contributed by atoms with Gasteiger partial charge in [0.05, 0.1) is 0 Å². The van der Waals surface area contributed by atoms with Gasteiger partial charge in [-0.3, -0.25) is 0 Å². The van der Waals surface area contributed by atoms with E-state index in [-0.39, 0.29) is 0 Å². The Kier molecular flexibility index (Phi) is 43.4. The zero-order valence-electron chi connectivity index (χ0n) is 38.8. The number of thioether (sulfide) groups is 3. The van der Waals surface area contributed by atoms with E-state index in [0.29, 0.717) is 0 Å². The zero-order valence-corrected chi connectivity index (χ0v) is 41.2. The summed E-state index contributed by atoms with van der Waals surface area (Å²) in [5.41, 5.74) is 1.55. The molecule has 0 nitrogen and oxygen atoms in total. The molecule has 0 aliphatic heterocycles. The summed E-state index contributed by atoms with van der Waals surface area (Å²) in [6.45, 7) is 9.31. The summed E-state index contributed by atoms with van der Waals surface area (Å²) in [5.74, 6) is 3.88. The summed E-state index contributed by atoms with van der Waals surface area (Å²) >= 11 is 6.59. The van der Waals surface area contributed by atoms with Gasteiger partial charge >= 0.3 is 0 Å². The van der Waals surface area contributed by atoms with Gasteiger partial charge in [0.2, 0.25) is 0 Å². The van der Waals surface area contributed by atoms with Gasteiger partial charge in [0.1, 0.15) is 0 Å². The Balaban J connectivity index is 2.46. The number of hydrogen-bond donors (Lipinski definition) is 0. The van der Waals surface area contributed by atoms with E-state index in [2.05, 4.69) is 75.1 Å². The number of hydrogen-bond acceptors (Lipinski definition) is 3. The maximum Gasteiger partial charge on any atom is 0.0344 e. The average Bonchev–Trinajstić information content (AvgIpc) is 3.21. The van der Waals surface area contributed by atoms with Crippen molar-refractivity contribution in [3.05, 3.63) is 17.7 Å². The minimum atomic E-state index is 1.16. The van der Waals surface area contributed by atoms with Gasteiger partial charge in [-0.15, -0.1) is 35.3 Å². The lowest BCUT2D eigenvalue weighted by Gasteiger charge is -2.16. The molecule has 0 saturated heterocycles. The van der Waals surface area contributed by atoms with Crippen LogP contribution in [0.3, 0.4) is 0 Å². The SMILES string of the molecule is CCCCCCCCCCCCCCCSc1cc(CC)cc(SCCCCCCCCCCCCCCC)c1SCCCCCCCCCCCCCCC.